The summed E-state index contributed by atoms with van der Waals surface area (Å²) in [7, 11) is 0. The summed E-state index contributed by atoms with van der Waals surface area (Å²) in [6, 6.07) is 0. The van der Waals surface area contributed by atoms with E-state index in [4.69, 9.17) is 4.42 Å². The summed E-state index contributed by atoms with van der Waals surface area (Å²) >= 11 is 0. The minimum absolute atomic E-state index is 0.463. The van der Waals surface area contributed by atoms with Crippen molar-refractivity contribution >= 4 is 12.1 Å². The summed E-state index contributed by atoms with van der Waals surface area (Å²) in [4.78, 5) is 14.5. The molecule has 2 aromatic heterocycles. The number of oxazole rings is 1. The van der Waals surface area contributed by atoms with Gasteiger partial charge in [-0.25, -0.2) is 0 Å². The number of hydrogen-bond donors (Lipinski definition) is 0. The highest BCUT2D eigenvalue weighted by atomic mass is 16.3. The van der Waals surface area contributed by atoms with Gasteiger partial charge < -0.3 is 4.42 Å². The number of nitrogens with zero attached hydrogens (tertiary/aromatic N) is 2. The molecule has 0 radical (unpaired) electrons. The van der Waals surface area contributed by atoms with Crippen molar-refractivity contribution in [3.63, 3.8) is 0 Å². The Morgan fingerprint density at radius 3 is 3.27 bits per heavy atom. The first-order valence-electron chi connectivity index (χ1n) is 3.20. The van der Waals surface area contributed by atoms with E-state index in [1.807, 2.05) is 0 Å². The second-order valence-corrected chi connectivity index (χ2v) is 2.26. The van der Waals surface area contributed by atoms with Gasteiger partial charge in [-0.1, -0.05) is 0 Å². The van der Waals surface area contributed by atoms with E-state index in [-0.39, 0.29) is 0 Å². The summed E-state index contributed by atoms with van der Waals surface area (Å²) in [5.41, 5.74) is 1.24. The Balaban J connectivity index is 2.90. The first-order valence-corrected chi connectivity index (χ1v) is 3.20. The Morgan fingerprint density at radius 2 is 2.55 bits per heavy atom. The van der Waals surface area contributed by atoms with Crippen LogP contribution in [0.25, 0.3) is 5.84 Å². The summed E-state index contributed by atoms with van der Waals surface area (Å²) in [6.45, 7) is 1.77. The molecular formula is C7H6N2O2. The molecule has 0 aliphatic rings. The second-order valence-electron chi connectivity index (χ2n) is 2.26. The third-order valence-electron chi connectivity index (χ3n) is 1.59. The van der Waals surface area contributed by atoms with E-state index in [1.54, 1.807) is 17.5 Å². The molecule has 0 saturated heterocycles. The molecule has 0 aliphatic heterocycles. The fraction of sp³-hybridized carbons (Fsp3) is 0.143. The molecule has 0 N–H and O–H groups in total. The lowest BCUT2D eigenvalue weighted by Crippen LogP contribution is -1.87. The zero-order valence-corrected chi connectivity index (χ0v) is 5.94. The van der Waals surface area contributed by atoms with Crippen LogP contribution in [0.5, 0.6) is 0 Å². The van der Waals surface area contributed by atoms with E-state index in [9.17, 15) is 4.79 Å². The lowest BCUT2D eigenvalue weighted by Gasteiger charge is -1.83. The Labute approximate surface area is 62.5 Å². The fourth-order valence-electron chi connectivity index (χ4n) is 1.05. The molecule has 0 saturated carbocycles. The molecule has 2 rings (SSSR count). The number of aldehydes is 1. The number of imidazole rings is 1. The van der Waals surface area contributed by atoms with Gasteiger partial charge in [-0.2, -0.15) is 4.98 Å². The predicted octanol–water partition coefficient (Wildman–Crippen LogP) is 1.05. The molecule has 11 heavy (non-hydrogen) atoms. The van der Waals surface area contributed by atoms with Gasteiger partial charge in [0.2, 0.25) is 0 Å². The van der Waals surface area contributed by atoms with Crippen LogP contribution in [-0.4, -0.2) is 15.7 Å². The maximum Gasteiger partial charge on any atom is 0.306 e. The predicted molar refractivity (Wildman–Crippen MR) is 37.6 cm³/mol. The van der Waals surface area contributed by atoms with E-state index >= 15 is 0 Å². The van der Waals surface area contributed by atoms with Crippen LogP contribution in [0.15, 0.2) is 16.9 Å². The largest absolute Gasteiger partial charge is 0.432 e. The van der Waals surface area contributed by atoms with Crippen LogP contribution in [-0.2, 0) is 0 Å². The average Bonchev–Trinajstić information content (AvgIpc) is 2.46. The number of carbonyl (C=O) groups excluding carboxylic acids is 1. The number of aryl methyl sites for hydroxylation is 1. The van der Waals surface area contributed by atoms with Crippen molar-refractivity contribution in [2.45, 2.75) is 6.92 Å². The van der Waals surface area contributed by atoms with Crippen LogP contribution >= 0.6 is 0 Å². The van der Waals surface area contributed by atoms with Gasteiger partial charge in [0.25, 0.3) is 0 Å². The van der Waals surface area contributed by atoms with Gasteiger partial charge in [0.1, 0.15) is 12.0 Å². The lowest BCUT2D eigenvalue weighted by molar-refractivity contribution is 0.111. The summed E-state index contributed by atoms with van der Waals surface area (Å²) in [5.74, 6) is 0.463. The molecule has 0 aliphatic carbocycles. The fourth-order valence-corrected chi connectivity index (χ4v) is 1.05. The van der Waals surface area contributed by atoms with Crippen molar-refractivity contribution in [1.82, 2.24) is 9.38 Å². The highest BCUT2D eigenvalue weighted by Gasteiger charge is 2.08. The molecular weight excluding hydrogens is 144 g/mol. The summed E-state index contributed by atoms with van der Waals surface area (Å²) in [6.07, 6.45) is 3.93. The van der Waals surface area contributed by atoms with Crippen molar-refractivity contribution in [3.05, 3.63) is 23.8 Å². The van der Waals surface area contributed by atoms with Gasteiger partial charge in [-0.3, -0.25) is 9.20 Å². The first kappa shape index (κ1) is 6.15. The highest BCUT2D eigenvalue weighted by Crippen LogP contribution is 2.09. The average molecular weight is 150 g/mol. The van der Waals surface area contributed by atoms with E-state index in [2.05, 4.69) is 4.98 Å². The number of carbonyl (C=O) groups is 1. The van der Waals surface area contributed by atoms with Gasteiger partial charge in [0.05, 0.1) is 5.69 Å². The summed E-state index contributed by atoms with van der Waals surface area (Å²) < 4.78 is 6.59. The maximum atomic E-state index is 10.5. The zero-order valence-electron chi connectivity index (χ0n) is 5.94. The molecule has 4 nitrogen and oxygen atoms in total. The van der Waals surface area contributed by atoms with Crippen molar-refractivity contribution in [2.75, 3.05) is 0 Å². The Morgan fingerprint density at radius 1 is 1.73 bits per heavy atom. The van der Waals surface area contributed by atoms with Gasteiger partial charge >= 0.3 is 5.84 Å². The van der Waals surface area contributed by atoms with E-state index in [1.165, 1.54) is 6.26 Å². The molecule has 0 bridgehead atoms. The molecule has 0 atom stereocenters. The smallest absolute Gasteiger partial charge is 0.306 e. The number of hydrogen-bond acceptors (Lipinski definition) is 3. The molecule has 0 unspecified atom stereocenters. The number of fused-ring (bicyclic) bond motifs is 1. The van der Waals surface area contributed by atoms with Crippen LogP contribution in [0.1, 0.15) is 16.2 Å². The molecule has 2 heterocycles. The van der Waals surface area contributed by atoms with E-state index in [0.29, 0.717) is 17.2 Å². The Hall–Kier alpha value is -1.58. The van der Waals surface area contributed by atoms with Gasteiger partial charge in [-0.05, 0) is 6.92 Å². The molecule has 2 aromatic rings. The minimum atomic E-state index is 0.463. The minimum Gasteiger partial charge on any atom is -0.432 e. The van der Waals surface area contributed by atoms with Crippen molar-refractivity contribution in [2.24, 2.45) is 0 Å². The summed E-state index contributed by atoms with van der Waals surface area (Å²) in [5, 5.41) is 0. The van der Waals surface area contributed by atoms with Crippen LogP contribution in [0.2, 0.25) is 0 Å². The van der Waals surface area contributed by atoms with Crippen molar-refractivity contribution in [3.8, 4) is 0 Å². The Kier molecular flexibility index (Phi) is 1.09. The molecule has 0 spiro atoms. The third-order valence-corrected chi connectivity index (χ3v) is 1.59. The molecule has 0 aromatic carbocycles. The normalized spacial score (nSPS) is 10.6. The second kappa shape index (κ2) is 1.95. The SMILES string of the molecule is Cc1nc2occn2c1C=O. The monoisotopic (exact) mass is 150 g/mol. The van der Waals surface area contributed by atoms with E-state index < -0.39 is 0 Å². The van der Waals surface area contributed by atoms with Crippen LogP contribution < -0.4 is 0 Å². The number of aromatic nitrogens is 2. The quantitative estimate of drug-likeness (QED) is 0.571. The Bertz CT molecular complexity index is 399. The van der Waals surface area contributed by atoms with Gasteiger partial charge in [-0.15, -0.1) is 0 Å². The maximum absolute atomic E-state index is 10.5. The first-order chi connectivity index (χ1) is 5.33. The van der Waals surface area contributed by atoms with Gasteiger partial charge in [0, 0.05) is 6.20 Å². The number of rotatable bonds is 1. The molecule has 0 amide bonds. The standard InChI is InChI=1S/C7H6N2O2/c1-5-6(4-10)9-2-3-11-7(9)8-5/h2-4H,1H3. The molecule has 4 heteroatoms. The van der Waals surface area contributed by atoms with Crippen LogP contribution in [0.3, 0.4) is 0 Å². The van der Waals surface area contributed by atoms with Gasteiger partial charge in [0.15, 0.2) is 6.29 Å². The third kappa shape index (κ3) is 0.690. The molecule has 56 valence electrons. The van der Waals surface area contributed by atoms with E-state index in [0.717, 1.165) is 6.29 Å². The van der Waals surface area contributed by atoms with Crippen molar-refractivity contribution in [1.29, 1.82) is 0 Å². The topological polar surface area (TPSA) is 47.5 Å². The van der Waals surface area contributed by atoms with Crippen LogP contribution in [0, 0.1) is 6.92 Å². The highest BCUT2D eigenvalue weighted by molar-refractivity contribution is 5.75. The molecule has 0 fully saturated rings. The van der Waals surface area contributed by atoms with Crippen molar-refractivity contribution < 1.29 is 9.21 Å². The lowest BCUT2D eigenvalue weighted by atomic mass is 10.4. The van der Waals surface area contributed by atoms with Crippen LogP contribution in [0.4, 0.5) is 0 Å². The zero-order chi connectivity index (χ0) is 7.84.